The van der Waals surface area contributed by atoms with E-state index in [1.807, 2.05) is 13.1 Å². The van der Waals surface area contributed by atoms with Crippen LogP contribution in [0.1, 0.15) is 40.6 Å². The molecule has 3 rings (SSSR count). The van der Waals surface area contributed by atoms with Gasteiger partial charge in [0.15, 0.2) is 0 Å². The summed E-state index contributed by atoms with van der Waals surface area (Å²) in [7, 11) is 0. The van der Waals surface area contributed by atoms with Gasteiger partial charge in [0.25, 0.3) is 0 Å². The number of carboxylic acid groups (broad SMARTS) is 1. The molecule has 0 saturated carbocycles. The molecule has 1 aliphatic heterocycles. The summed E-state index contributed by atoms with van der Waals surface area (Å²) in [4.78, 5) is 19.6. The summed E-state index contributed by atoms with van der Waals surface area (Å²) in [5, 5.41) is 11.5. The van der Waals surface area contributed by atoms with Crippen molar-refractivity contribution in [2.75, 3.05) is 13.1 Å². The first-order valence-corrected chi connectivity index (χ1v) is 8.87. The Morgan fingerprint density at radius 1 is 1.39 bits per heavy atom. The molecule has 0 spiro atoms. The van der Waals surface area contributed by atoms with E-state index < -0.39 is 5.97 Å². The van der Waals surface area contributed by atoms with Crippen LogP contribution >= 0.6 is 11.3 Å². The van der Waals surface area contributed by atoms with Crippen LogP contribution in [0.5, 0.6) is 0 Å². The van der Waals surface area contributed by atoms with Gasteiger partial charge in [-0.15, -0.1) is 11.3 Å². The van der Waals surface area contributed by atoms with Gasteiger partial charge in [-0.3, -0.25) is 14.7 Å². The van der Waals surface area contributed by atoms with Crippen molar-refractivity contribution in [2.45, 2.75) is 32.7 Å². The lowest BCUT2D eigenvalue weighted by atomic mass is 9.95. The lowest BCUT2D eigenvalue weighted by Gasteiger charge is -2.36. The van der Waals surface area contributed by atoms with E-state index in [2.05, 4.69) is 40.4 Å². The molecule has 0 aliphatic carbocycles. The van der Waals surface area contributed by atoms with Crippen LogP contribution < -0.4 is 0 Å². The lowest BCUT2D eigenvalue weighted by molar-refractivity contribution is -0.143. The first-order chi connectivity index (χ1) is 11.1. The molecule has 1 fully saturated rings. The molecule has 4 nitrogen and oxygen atoms in total. The number of thiophene rings is 1. The number of hydrogen-bond donors (Lipinski definition) is 1. The maximum atomic E-state index is 11.4. The van der Waals surface area contributed by atoms with Crippen LogP contribution in [-0.4, -0.2) is 34.0 Å². The smallest absolute Gasteiger partial charge is 0.307 e. The largest absolute Gasteiger partial charge is 0.481 e. The molecule has 3 heterocycles. The molecule has 0 radical (unpaired) electrons. The first-order valence-electron chi connectivity index (χ1n) is 7.99. The molecular weight excluding hydrogens is 308 g/mol. The summed E-state index contributed by atoms with van der Waals surface area (Å²) in [6, 6.07) is 6.33. The van der Waals surface area contributed by atoms with Crippen LogP contribution in [0.4, 0.5) is 0 Å². The fourth-order valence-electron chi connectivity index (χ4n) is 3.24. The SMILES string of the molecule is Cc1ccc(C(c2sccc2C)N2CCCC(C(=O)O)C2)nc1. The Hall–Kier alpha value is -1.72. The number of rotatable bonds is 4. The monoisotopic (exact) mass is 330 g/mol. The number of aromatic nitrogens is 1. The van der Waals surface area contributed by atoms with Crippen molar-refractivity contribution in [3.05, 3.63) is 51.5 Å². The molecule has 0 bridgehead atoms. The van der Waals surface area contributed by atoms with E-state index in [9.17, 15) is 9.90 Å². The van der Waals surface area contributed by atoms with Crippen LogP contribution in [0.3, 0.4) is 0 Å². The summed E-state index contributed by atoms with van der Waals surface area (Å²) in [5.41, 5.74) is 3.39. The summed E-state index contributed by atoms with van der Waals surface area (Å²) in [5.74, 6) is -0.967. The predicted molar refractivity (Wildman–Crippen MR) is 91.8 cm³/mol. The van der Waals surface area contributed by atoms with E-state index in [-0.39, 0.29) is 12.0 Å². The average Bonchev–Trinajstić information content (AvgIpc) is 2.96. The van der Waals surface area contributed by atoms with Crippen molar-refractivity contribution >= 4 is 17.3 Å². The Bertz CT molecular complexity index is 681. The van der Waals surface area contributed by atoms with Gasteiger partial charge >= 0.3 is 5.97 Å². The lowest BCUT2D eigenvalue weighted by Crippen LogP contribution is -2.41. The summed E-state index contributed by atoms with van der Waals surface area (Å²) in [6.07, 6.45) is 3.58. The molecule has 1 saturated heterocycles. The number of carboxylic acids is 1. The number of pyridine rings is 1. The van der Waals surface area contributed by atoms with E-state index >= 15 is 0 Å². The average molecular weight is 330 g/mol. The molecule has 1 N–H and O–H groups in total. The maximum absolute atomic E-state index is 11.4. The van der Waals surface area contributed by atoms with Crippen molar-refractivity contribution in [1.82, 2.24) is 9.88 Å². The van der Waals surface area contributed by atoms with Crippen molar-refractivity contribution in [3.63, 3.8) is 0 Å². The molecular formula is C18H22N2O2S. The summed E-state index contributed by atoms with van der Waals surface area (Å²) >= 11 is 1.73. The van der Waals surface area contributed by atoms with Gasteiger partial charge in [0.2, 0.25) is 0 Å². The highest BCUT2D eigenvalue weighted by atomic mass is 32.1. The van der Waals surface area contributed by atoms with Crippen LogP contribution in [0, 0.1) is 19.8 Å². The third-order valence-corrected chi connectivity index (χ3v) is 5.60. The zero-order chi connectivity index (χ0) is 16.4. The molecule has 5 heteroatoms. The van der Waals surface area contributed by atoms with Gasteiger partial charge in [-0.1, -0.05) is 6.07 Å². The number of aliphatic carboxylic acids is 1. The molecule has 2 aromatic rings. The van der Waals surface area contributed by atoms with Gasteiger partial charge in [0.1, 0.15) is 0 Å². The molecule has 0 aromatic carbocycles. The third-order valence-electron chi connectivity index (χ3n) is 4.53. The number of nitrogens with zero attached hydrogens (tertiary/aromatic N) is 2. The molecule has 122 valence electrons. The quantitative estimate of drug-likeness (QED) is 0.930. The first kappa shape index (κ1) is 16.1. The number of aryl methyl sites for hydroxylation is 2. The second kappa shape index (κ2) is 6.81. The molecule has 1 aliphatic rings. The van der Waals surface area contributed by atoms with Gasteiger partial charge in [0.05, 0.1) is 17.7 Å². The van der Waals surface area contributed by atoms with Gasteiger partial charge < -0.3 is 5.11 Å². The fourth-order valence-corrected chi connectivity index (χ4v) is 4.31. The molecule has 0 amide bonds. The number of hydrogen-bond acceptors (Lipinski definition) is 4. The van der Waals surface area contributed by atoms with Crippen molar-refractivity contribution in [1.29, 1.82) is 0 Å². The normalized spacial score (nSPS) is 20.3. The second-order valence-electron chi connectivity index (χ2n) is 6.30. The Kier molecular flexibility index (Phi) is 4.78. The van der Waals surface area contributed by atoms with Crippen LogP contribution in [0.25, 0.3) is 0 Å². The van der Waals surface area contributed by atoms with Gasteiger partial charge in [-0.05, 0) is 61.9 Å². The molecule has 23 heavy (non-hydrogen) atoms. The predicted octanol–water partition coefficient (Wildman–Crippen LogP) is 3.65. The van der Waals surface area contributed by atoms with E-state index in [1.165, 1.54) is 10.4 Å². The number of piperidine rings is 1. The summed E-state index contributed by atoms with van der Waals surface area (Å²) < 4.78 is 0. The Morgan fingerprint density at radius 3 is 2.83 bits per heavy atom. The zero-order valence-electron chi connectivity index (χ0n) is 13.5. The van der Waals surface area contributed by atoms with Gasteiger partial charge in [0, 0.05) is 17.6 Å². The Balaban J connectivity index is 1.97. The highest BCUT2D eigenvalue weighted by Crippen LogP contribution is 2.36. The molecule has 2 atom stereocenters. The minimum absolute atomic E-state index is 0.0535. The van der Waals surface area contributed by atoms with E-state index in [0.29, 0.717) is 6.54 Å². The van der Waals surface area contributed by atoms with Crippen LogP contribution in [0.15, 0.2) is 29.8 Å². The molecule has 2 aromatic heterocycles. The Morgan fingerprint density at radius 2 is 2.22 bits per heavy atom. The van der Waals surface area contributed by atoms with Gasteiger partial charge in [-0.25, -0.2) is 0 Å². The Labute approximate surface area is 140 Å². The number of carbonyl (C=O) groups is 1. The zero-order valence-corrected chi connectivity index (χ0v) is 14.3. The topological polar surface area (TPSA) is 53.4 Å². The second-order valence-corrected chi connectivity index (χ2v) is 7.25. The standard InChI is InChI=1S/C18H22N2O2S/c1-12-5-6-15(19-10-12)16(17-13(2)7-9-23-17)20-8-3-4-14(11-20)18(21)22/h5-7,9-10,14,16H,3-4,8,11H2,1-2H3,(H,21,22). The van der Waals surface area contributed by atoms with Crippen molar-refractivity contribution < 1.29 is 9.90 Å². The highest BCUT2D eigenvalue weighted by molar-refractivity contribution is 7.10. The van der Waals surface area contributed by atoms with Crippen molar-refractivity contribution in [3.8, 4) is 0 Å². The summed E-state index contributed by atoms with van der Waals surface area (Å²) in [6.45, 7) is 5.66. The maximum Gasteiger partial charge on any atom is 0.307 e. The van der Waals surface area contributed by atoms with Crippen molar-refractivity contribution in [2.24, 2.45) is 5.92 Å². The van der Waals surface area contributed by atoms with E-state index in [0.717, 1.165) is 30.6 Å². The third kappa shape index (κ3) is 3.46. The minimum Gasteiger partial charge on any atom is -0.481 e. The number of likely N-dealkylation sites (tertiary alicyclic amines) is 1. The van der Waals surface area contributed by atoms with Crippen LogP contribution in [-0.2, 0) is 4.79 Å². The highest BCUT2D eigenvalue weighted by Gasteiger charge is 2.33. The van der Waals surface area contributed by atoms with Gasteiger partial charge in [-0.2, -0.15) is 0 Å². The van der Waals surface area contributed by atoms with E-state index in [4.69, 9.17) is 0 Å². The fraction of sp³-hybridized carbons (Fsp3) is 0.444. The molecule has 2 unspecified atom stereocenters. The minimum atomic E-state index is -0.687. The van der Waals surface area contributed by atoms with E-state index in [1.54, 1.807) is 11.3 Å². The van der Waals surface area contributed by atoms with Crippen LogP contribution in [0.2, 0.25) is 0 Å².